The summed E-state index contributed by atoms with van der Waals surface area (Å²) in [5.41, 5.74) is 2.64. The van der Waals surface area contributed by atoms with Crippen LogP contribution in [-0.2, 0) is 6.54 Å². The highest BCUT2D eigenvalue weighted by Gasteiger charge is 2.23. The van der Waals surface area contributed by atoms with Gasteiger partial charge in [0, 0.05) is 36.4 Å². The third-order valence-corrected chi connectivity index (χ3v) is 5.03. The van der Waals surface area contributed by atoms with E-state index in [4.69, 9.17) is 4.42 Å². The number of rotatable bonds is 7. The zero-order valence-electron chi connectivity index (χ0n) is 17.1. The highest BCUT2D eigenvalue weighted by atomic mass is 16.3. The van der Waals surface area contributed by atoms with Crippen LogP contribution in [0.5, 0.6) is 0 Å². The molecule has 0 radical (unpaired) electrons. The summed E-state index contributed by atoms with van der Waals surface area (Å²) in [4.78, 5) is 38.4. The number of hydrogen-bond donors (Lipinski definition) is 2. The fourth-order valence-electron chi connectivity index (χ4n) is 3.12. The SMILES string of the molecule is CN(Cc1ccc(C(=O)NC2CC2)cc1)C(=O)c1ccc(NC(=O)c2ccco2)cc1. The molecular formula is C24H23N3O4. The molecule has 3 amide bonds. The van der Waals surface area contributed by atoms with Crippen LogP contribution in [0.1, 0.15) is 49.7 Å². The third-order valence-electron chi connectivity index (χ3n) is 5.03. The number of benzene rings is 2. The fourth-order valence-corrected chi connectivity index (χ4v) is 3.12. The lowest BCUT2D eigenvalue weighted by Crippen LogP contribution is -2.27. The number of carbonyl (C=O) groups is 3. The molecule has 1 heterocycles. The van der Waals surface area contributed by atoms with Crippen molar-refractivity contribution in [3.63, 3.8) is 0 Å². The molecule has 1 aromatic heterocycles. The predicted octanol–water partition coefficient (Wildman–Crippen LogP) is 3.70. The third kappa shape index (κ3) is 5.19. The Morgan fingerprint density at radius 1 is 0.935 bits per heavy atom. The standard InChI is InChI=1S/C24H23N3O4/c1-27(15-16-4-6-17(7-5-16)22(28)25-20-12-13-20)24(30)18-8-10-19(11-9-18)26-23(29)21-3-2-14-31-21/h2-11,14,20H,12-13,15H2,1H3,(H,25,28)(H,26,29). The summed E-state index contributed by atoms with van der Waals surface area (Å²) in [6.45, 7) is 0.417. The van der Waals surface area contributed by atoms with Crippen molar-refractivity contribution in [1.29, 1.82) is 0 Å². The number of anilines is 1. The molecule has 2 aromatic carbocycles. The number of nitrogens with one attached hydrogen (secondary N) is 2. The molecule has 7 nitrogen and oxygen atoms in total. The predicted molar refractivity (Wildman–Crippen MR) is 116 cm³/mol. The number of nitrogens with zero attached hydrogens (tertiary/aromatic N) is 1. The Bertz CT molecular complexity index is 1070. The lowest BCUT2D eigenvalue weighted by atomic mass is 10.1. The van der Waals surface area contributed by atoms with Gasteiger partial charge >= 0.3 is 0 Å². The van der Waals surface area contributed by atoms with E-state index in [1.54, 1.807) is 60.5 Å². The van der Waals surface area contributed by atoms with Gasteiger partial charge in [0.15, 0.2) is 5.76 Å². The van der Waals surface area contributed by atoms with E-state index in [9.17, 15) is 14.4 Å². The molecule has 0 saturated heterocycles. The Kier molecular flexibility index (Phi) is 5.84. The molecule has 0 bridgehead atoms. The largest absolute Gasteiger partial charge is 0.459 e. The van der Waals surface area contributed by atoms with Crippen LogP contribution in [0.4, 0.5) is 5.69 Å². The molecule has 158 valence electrons. The van der Waals surface area contributed by atoms with Crippen LogP contribution in [0.3, 0.4) is 0 Å². The van der Waals surface area contributed by atoms with Crippen molar-refractivity contribution in [3.8, 4) is 0 Å². The van der Waals surface area contributed by atoms with Gasteiger partial charge in [-0.2, -0.15) is 0 Å². The van der Waals surface area contributed by atoms with Crippen molar-refractivity contribution in [1.82, 2.24) is 10.2 Å². The molecule has 4 rings (SSSR count). The summed E-state index contributed by atoms with van der Waals surface area (Å²) in [5, 5.41) is 5.68. The van der Waals surface area contributed by atoms with Crippen LogP contribution in [0.25, 0.3) is 0 Å². The van der Waals surface area contributed by atoms with Crippen LogP contribution in [0.2, 0.25) is 0 Å². The summed E-state index contributed by atoms with van der Waals surface area (Å²) in [6.07, 6.45) is 3.53. The number of hydrogen-bond acceptors (Lipinski definition) is 4. The molecular weight excluding hydrogens is 394 g/mol. The van der Waals surface area contributed by atoms with E-state index in [0.29, 0.717) is 29.4 Å². The Labute approximate surface area is 180 Å². The first-order valence-electron chi connectivity index (χ1n) is 10.1. The monoisotopic (exact) mass is 417 g/mol. The van der Waals surface area contributed by atoms with Crippen LogP contribution >= 0.6 is 0 Å². The molecule has 1 fully saturated rings. The summed E-state index contributed by atoms with van der Waals surface area (Å²) in [7, 11) is 1.72. The van der Waals surface area contributed by atoms with E-state index in [2.05, 4.69) is 10.6 Å². The topological polar surface area (TPSA) is 91.7 Å². The fraction of sp³-hybridized carbons (Fsp3) is 0.208. The number of amides is 3. The van der Waals surface area contributed by atoms with E-state index >= 15 is 0 Å². The molecule has 2 N–H and O–H groups in total. The molecule has 7 heteroatoms. The lowest BCUT2D eigenvalue weighted by molar-refractivity contribution is 0.0784. The second kappa shape index (κ2) is 8.87. The Morgan fingerprint density at radius 2 is 1.61 bits per heavy atom. The molecule has 1 aliphatic carbocycles. The van der Waals surface area contributed by atoms with Gasteiger partial charge in [0.05, 0.1) is 6.26 Å². The van der Waals surface area contributed by atoms with Crippen molar-refractivity contribution >= 4 is 23.4 Å². The Balaban J connectivity index is 1.33. The van der Waals surface area contributed by atoms with Gasteiger partial charge in [-0.1, -0.05) is 12.1 Å². The lowest BCUT2D eigenvalue weighted by Gasteiger charge is -2.18. The zero-order chi connectivity index (χ0) is 21.8. The van der Waals surface area contributed by atoms with Crippen molar-refractivity contribution < 1.29 is 18.8 Å². The molecule has 0 atom stereocenters. The van der Waals surface area contributed by atoms with E-state index in [1.807, 2.05) is 12.1 Å². The maximum absolute atomic E-state index is 12.7. The van der Waals surface area contributed by atoms with Gasteiger partial charge in [0.25, 0.3) is 17.7 Å². The summed E-state index contributed by atoms with van der Waals surface area (Å²) >= 11 is 0. The van der Waals surface area contributed by atoms with E-state index in [0.717, 1.165) is 18.4 Å². The number of furan rings is 1. The average molecular weight is 417 g/mol. The van der Waals surface area contributed by atoms with Gasteiger partial charge in [0.2, 0.25) is 0 Å². The molecule has 1 saturated carbocycles. The van der Waals surface area contributed by atoms with Crippen LogP contribution < -0.4 is 10.6 Å². The quantitative estimate of drug-likeness (QED) is 0.613. The molecule has 0 aliphatic heterocycles. The Morgan fingerprint density at radius 3 is 2.23 bits per heavy atom. The Hall–Kier alpha value is -3.87. The summed E-state index contributed by atoms with van der Waals surface area (Å²) in [5.74, 6) is -0.330. The minimum absolute atomic E-state index is 0.0577. The van der Waals surface area contributed by atoms with E-state index in [-0.39, 0.29) is 23.5 Å². The van der Waals surface area contributed by atoms with Crippen molar-refractivity contribution in [3.05, 3.63) is 89.4 Å². The normalized spacial score (nSPS) is 12.8. The molecule has 0 spiro atoms. The van der Waals surface area contributed by atoms with Crippen LogP contribution in [0, 0.1) is 0 Å². The molecule has 31 heavy (non-hydrogen) atoms. The van der Waals surface area contributed by atoms with Crippen molar-refractivity contribution in [2.24, 2.45) is 0 Å². The maximum Gasteiger partial charge on any atom is 0.291 e. The minimum Gasteiger partial charge on any atom is -0.459 e. The highest BCUT2D eigenvalue weighted by Crippen LogP contribution is 2.19. The first kappa shape index (κ1) is 20.4. The smallest absolute Gasteiger partial charge is 0.291 e. The molecule has 1 aliphatic rings. The van der Waals surface area contributed by atoms with Crippen molar-refractivity contribution in [2.45, 2.75) is 25.4 Å². The summed E-state index contributed by atoms with van der Waals surface area (Å²) in [6, 6.07) is 17.5. The van der Waals surface area contributed by atoms with Gasteiger partial charge in [-0.05, 0) is 66.9 Å². The van der Waals surface area contributed by atoms with Gasteiger partial charge < -0.3 is 20.0 Å². The average Bonchev–Trinajstić information content (AvgIpc) is 3.41. The van der Waals surface area contributed by atoms with Gasteiger partial charge in [-0.15, -0.1) is 0 Å². The zero-order valence-corrected chi connectivity index (χ0v) is 17.1. The summed E-state index contributed by atoms with van der Waals surface area (Å²) < 4.78 is 5.06. The van der Waals surface area contributed by atoms with Gasteiger partial charge in [-0.25, -0.2) is 0 Å². The minimum atomic E-state index is -0.351. The van der Waals surface area contributed by atoms with Gasteiger partial charge in [0.1, 0.15) is 0 Å². The van der Waals surface area contributed by atoms with Crippen molar-refractivity contribution in [2.75, 3.05) is 12.4 Å². The van der Waals surface area contributed by atoms with E-state index in [1.165, 1.54) is 6.26 Å². The number of carbonyl (C=O) groups excluding carboxylic acids is 3. The second-order valence-corrected chi connectivity index (χ2v) is 7.61. The van der Waals surface area contributed by atoms with Crippen LogP contribution in [0.15, 0.2) is 71.3 Å². The maximum atomic E-state index is 12.7. The first-order valence-corrected chi connectivity index (χ1v) is 10.1. The van der Waals surface area contributed by atoms with Crippen LogP contribution in [-0.4, -0.2) is 35.7 Å². The molecule has 3 aromatic rings. The van der Waals surface area contributed by atoms with E-state index < -0.39 is 0 Å². The van der Waals surface area contributed by atoms with Gasteiger partial charge in [-0.3, -0.25) is 14.4 Å². The first-order chi connectivity index (χ1) is 15.0. The molecule has 0 unspecified atom stereocenters. The highest BCUT2D eigenvalue weighted by molar-refractivity contribution is 6.02. The second-order valence-electron chi connectivity index (χ2n) is 7.61.